The van der Waals surface area contributed by atoms with Crippen LogP contribution in [0.3, 0.4) is 0 Å². The SMILES string of the molecule is CC(C(=O)NC1CCCC1)N(Cc1cccc(Br)c1)C(=O)CCN1C(=O)c2ccccc2S1(=O)=O. The number of fused-ring (bicyclic) bond motifs is 1. The third-order valence-corrected chi connectivity index (χ3v) is 8.89. The van der Waals surface area contributed by atoms with Crippen molar-refractivity contribution in [3.63, 3.8) is 0 Å². The fourth-order valence-electron chi connectivity index (χ4n) is 4.60. The Kier molecular flexibility index (Phi) is 7.61. The molecule has 35 heavy (non-hydrogen) atoms. The van der Waals surface area contributed by atoms with Gasteiger partial charge in [-0.05, 0) is 49.6 Å². The topological polar surface area (TPSA) is 104 Å². The summed E-state index contributed by atoms with van der Waals surface area (Å²) in [7, 11) is -4.01. The second kappa shape index (κ2) is 10.5. The molecular weight excluding hydrogens is 534 g/mol. The van der Waals surface area contributed by atoms with Crippen LogP contribution in [0.4, 0.5) is 0 Å². The van der Waals surface area contributed by atoms with Gasteiger partial charge in [-0.1, -0.05) is 53.0 Å². The third kappa shape index (κ3) is 5.43. The van der Waals surface area contributed by atoms with Gasteiger partial charge < -0.3 is 10.2 Å². The van der Waals surface area contributed by atoms with Crippen molar-refractivity contribution in [2.75, 3.05) is 6.54 Å². The summed E-state index contributed by atoms with van der Waals surface area (Å²) in [5, 5.41) is 3.04. The fraction of sp³-hybridized carbons (Fsp3) is 0.400. The van der Waals surface area contributed by atoms with Crippen LogP contribution in [-0.2, 0) is 26.2 Å². The van der Waals surface area contributed by atoms with E-state index >= 15 is 0 Å². The highest BCUT2D eigenvalue weighted by molar-refractivity contribution is 9.10. The van der Waals surface area contributed by atoms with Crippen LogP contribution < -0.4 is 5.32 Å². The predicted octanol–water partition coefficient (Wildman–Crippen LogP) is 3.46. The Morgan fingerprint density at radius 2 is 1.86 bits per heavy atom. The van der Waals surface area contributed by atoms with Gasteiger partial charge in [0, 0.05) is 30.0 Å². The minimum absolute atomic E-state index is 0.0484. The van der Waals surface area contributed by atoms with Crippen molar-refractivity contribution in [1.82, 2.24) is 14.5 Å². The Morgan fingerprint density at radius 3 is 2.54 bits per heavy atom. The van der Waals surface area contributed by atoms with Gasteiger partial charge in [0.2, 0.25) is 11.8 Å². The van der Waals surface area contributed by atoms with Crippen LogP contribution >= 0.6 is 15.9 Å². The van der Waals surface area contributed by atoms with Crippen molar-refractivity contribution in [1.29, 1.82) is 0 Å². The molecule has 1 saturated carbocycles. The van der Waals surface area contributed by atoms with E-state index in [1.807, 2.05) is 24.3 Å². The molecule has 1 unspecified atom stereocenters. The summed E-state index contributed by atoms with van der Waals surface area (Å²) in [6.07, 6.45) is 3.76. The van der Waals surface area contributed by atoms with E-state index in [1.54, 1.807) is 19.1 Å². The number of halogens is 1. The van der Waals surface area contributed by atoms with Gasteiger partial charge >= 0.3 is 0 Å². The average molecular weight is 562 g/mol. The number of nitrogens with one attached hydrogen (secondary N) is 1. The lowest BCUT2D eigenvalue weighted by molar-refractivity contribution is -0.140. The molecule has 8 nitrogen and oxygen atoms in total. The van der Waals surface area contributed by atoms with Crippen molar-refractivity contribution in [3.8, 4) is 0 Å². The minimum Gasteiger partial charge on any atom is -0.352 e. The van der Waals surface area contributed by atoms with E-state index in [0.717, 1.165) is 40.0 Å². The van der Waals surface area contributed by atoms with Gasteiger partial charge in [-0.15, -0.1) is 0 Å². The molecule has 1 N–H and O–H groups in total. The molecule has 1 atom stereocenters. The Hall–Kier alpha value is -2.72. The van der Waals surface area contributed by atoms with Crippen LogP contribution in [0.1, 0.15) is 54.9 Å². The standard InChI is InChI=1S/C25H28BrN3O5S/c1-17(24(31)27-20-9-2-3-10-20)28(16-18-7-6-8-19(26)15-18)23(30)13-14-29-25(32)21-11-4-5-12-22(21)35(29,33)34/h4-8,11-12,15,17,20H,2-3,9-10,13-14,16H2,1H3,(H,27,31). The zero-order valence-electron chi connectivity index (χ0n) is 19.4. The third-order valence-electron chi connectivity index (χ3n) is 6.55. The van der Waals surface area contributed by atoms with Crippen molar-refractivity contribution in [2.24, 2.45) is 0 Å². The summed E-state index contributed by atoms with van der Waals surface area (Å²) in [5.74, 6) is -1.28. The second-order valence-corrected chi connectivity index (χ2v) is 11.7. The van der Waals surface area contributed by atoms with Crippen LogP contribution in [0.15, 0.2) is 57.9 Å². The van der Waals surface area contributed by atoms with E-state index < -0.39 is 27.9 Å². The largest absolute Gasteiger partial charge is 0.352 e. The number of sulfonamides is 1. The molecule has 1 aliphatic heterocycles. The van der Waals surface area contributed by atoms with E-state index in [2.05, 4.69) is 21.2 Å². The lowest BCUT2D eigenvalue weighted by atomic mass is 10.1. The molecule has 2 aromatic carbocycles. The Morgan fingerprint density at radius 1 is 1.14 bits per heavy atom. The highest BCUT2D eigenvalue weighted by Crippen LogP contribution is 2.30. The zero-order valence-corrected chi connectivity index (χ0v) is 21.8. The van der Waals surface area contributed by atoms with Gasteiger partial charge in [0.1, 0.15) is 10.9 Å². The summed E-state index contributed by atoms with van der Waals surface area (Å²) in [6.45, 7) is 1.56. The first kappa shape index (κ1) is 25.4. The second-order valence-electron chi connectivity index (χ2n) is 8.95. The van der Waals surface area contributed by atoms with E-state index in [4.69, 9.17) is 0 Å². The fourth-order valence-corrected chi connectivity index (χ4v) is 6.62. The van der Waals surface area contributed by atoms with Gasteiger partial charge in [-0.2, -0.15) is 0 Å². The summed E-state index contributed by atoms with van der Waals surface area (Å²) >= 11 is 3.43. The lowest BCUT2D eigenvalue weighted by Gasteiger charge is -2.30. The van der Waals surface area contributed by atoms with Gasteiger partial charge in [-0.25, -0.2) is 12.7 Å². The van der Waals surface area contributed by atoms with Gasteiger partial charge in [-0.3, -0.25) is 14.4 Å². The van der Waals surface area contributed by atoms with E-state index in [9.17, 15) is 22.8 Å². The van der Waals surface area contributed by atoms with E-state index in [1.165, 1.54) is 17.0 Å². The van der Waals surface area contributed by atoms with Crippen LogP contribution in [0.25, 0.3) is 0 Å². The van der Waals surface area contributed by atoms with Crippen LogP contribution in [0, 0.1) is 0 Å². The predicted molar refractivity (Wildman–Crippen MR) is 134 cm³/mol. The first-order valence-corrected chi connectivity index (χ1v) is 13.9. The summed E-state index contributed by atoms with van der Waals surface area (Å²) < 4.78 is 27.3. The van der Waals surface area contributed by atoms with Crippen molar-refractivity contribution in [2.45, 2.75) is 62.6 Å². The molecule has 186 valence electrons. The highest BCUT2D eigenvalue weighted by Gasteiger charge is 2.41. The molecular formula is C25H28BrN3O5S. The molecule has 2 aromatic rings. The first-order valence-electron chi connectivity index (χ1n) is 11.7. The van der Waals surface area contributed by atoms with Gasteiger partial charge in [0.25, 0.3) is 15.9 Å². The van der Waals surface area contributed by atoms with Crippen molar-refractivity contribution < 1.29 is 22.8 Å². The van der Waals surface area contributed by atoms with Gasteiger partial charge in [0.15, 0.2) is 0 Å². The Labute approximate surface area is 213 Å². The summed E-state index contributed by atoms with van der Waals surface area (Å²) in [5.41, 5.74) is 0.931. The molecule has 1 aliphatic carbocycles. The molecule has 0 aromatic heterocycles. The minimum atomic E-state index is -4.01. The number of hydrogen-bond acceptors (Lipinski definition) is 5. The van der Waals surface area contributed by atoms with Crippen LogP contribution in [0.2, 0.25) is 0 Å². The summed E-state index contributed by atoms with van der Waals surface area (Å²) in [4.78, 5) is 40.5. The first-order chi connectivity index (χ1) is 16.7. The number of amides is 3. The van der Waals surface area contributed by atoms with Crippen LogP contribution in [-0.4, -0.2) is 54.0 Å². The highest BCUT2D eigenvalue weighted by atomic mass is 79.9. The number of rotatable bonds is 8. The number of carbonyl (C=O) groups is 3. The molecule has 10 heteroatoms. The molecule has 0 saturated heterocycles. The van der Waals surface area contributed by atoms with E-state index in [0.29, 0.717) is 0 Å². The molecule has 2 aliphatic rings. The molecule has 0 spiro atoms. The molecule has 4 rings (SSSR count). The normalized spacial score (nSPS) is 17.8. The van der Waals surface area contributed by atoms with Crippen LogP contribution in [0.5, 0.6) is 0 Å². The lowest BCUT2D eigenvalue weighted by Crippen LogP contribution is -2.50. The Balaban J connectivity index is 1.50. The zero-order chi connectivity index (χ0) is 25.2. The molecule has 0 radical (unpaired) electrons. The maximum absolute atomic E-state index is 13.4. The summed E-state index contributed by atoms with van der Waals surface area (Å²) in [6, 6.07) is 12.8. The smallest absolute Gasteiger partial charge is 0.269 e. The maximum atomic E-state index is 13.4. The molecule has 1 heterocycles. The monoisotopic (exact) mass is 561 g/mol. The molecule has 0 bridgehead atoms. The van der Waals surface area contributed by atoms with Crippen molar-refractivity contribution >= 4 is 43.7 Å². The average Bonchev–Trinajstić information content (AvgIpc) is 3.40. The quantitative estimate of drug-likeness (QED) is 0.531. The number of carbonyl (C=O) groups excluding carboxylic acids is 3. The number of nitrogens with zero attached hydrogens (tertiary/aromatic N) is 2. The van der Waals surface area contributed by atoms with E-state index in [-0.39, 0.29) is 41.9 Å². The molecule has 3 amide bonds. The number of benzene rings is 2. The Bertz CT molecular complexity index is 1240. The maximum Gasteiger partial charge on any atom is 0.269 e. The van der Waals surface area contributed by atoms with Gasteiger partial charge in [0.05, 0.1) is 5.56 Å². The molecule has 1 fully saturated rings. The van der Waals surface area contributed by atoms with Crippen molar-refractivity contribution in [3.05, 3.63) is 64.1 Å². The number of hydrogen-bond donors (Lipinski definition) is 1.